The molecule has 0 aliphatic heterocycles. The monoisotopic (exact) mass is 298 g/mol. The van der Waals surface area contributed by atoms with Crippen LogP contribution in [0.2, 0.25) is 0 Å². The van der Waals surface area contributed by atoms with Gasteiger partial charge in [0.25, 0.3) is 0 Å². The third kappa shape index (κ3) is 2.90. The first-order valence-corrected chi connectivity index (χ1v) is 7.59. The van der Waals surface area contributed by atoms with Crippen LogP contribution in [-0.4, -0.2) is 17.7 Å². The number of carboxylic acids is 1. The zero-order chi connectivity index (χ0) is 14.7. The summed E-state index contributed by atoms with van der Waals surface area (Å²) in [5, 5.41) is 15.2. The molecule has 21 heavy (non-hydrogen) atoms. The molecule has 0 radical (unpaired) electrons. The molecule has 0 fully saturated rings. The van der Waals surface area contributed by atoms with Gasteiger partial charge in [-0.2, -0.15) is 11.3 Å². The van der Waals surface area contributed by atoms with Gasteiger partial charge in [0.2, 0.25) is 0 Å². The summed E-state index contributed by atoms with van der Waals surface area (Å²) in [4.78, 5) is 11.4. The molecule has 1 heterocycles. The smallest absolute Gasteiger partial charge is 0.339 e. The number of ether oxygens (including phenoxy) is 1. The molecule has 0 aliphatic carbocycles. The van der Waals surface area contributed by atoms with Crippen LogP contribution in [0, 0.1) is 0 Å². The minimum Gasteiger partial charge on any atom is -0.492 e. The Morgan fingerprint density at radius 3 is 2.76 bits per heavy atom. The maximum atomic E-state index is 11.4. The Hall–Kier alpha value is -2.33. The molecule has 3 nitrogen and oxygen atoms in total. The standard InChI is InChI=1S/C17H14O3S/c18-17(19)15-6-5-13-3-1-2-4-14(13)16(15)20-9-7-12-8-10-21-11-12/h1-6,8,10-11H,7,9H2,(H,18,19). The van der Waals surface area contributed by atoms with E-state index in [-0.39, 0.29) is 5.56 Å². The molecular weight excluding hydrogens is 284 g/mol. The zero-order valence-corrected chi connectivity index (χ0v) is 12.1. The molecule has 1 N–H and O–H groups in total. The second-order valence-corrected chi connectivity index (χ2v) is 5.48. The van der Waals surface area contributed by atoms with E-state index in [0.29, 0.717) is 12.4 Å². The molecule has 0 aliphatic rings. The number of hydrogen-bond acceptors (Lipinski definition) is 3. The fraction of sp³-hybridized carbons (Fsp3) is 0.118. The van der Waals surface area contributed by atoms with Crippen molar-refractivity contribution in [2.75, 3.05) is 6.61 Å². The van der Waals surface area contributed by atoms with Crippen LogP contribution in [-0.2, 0) is 6.42 Å². The molecule has 2 aromatic carbocycles. The van der Waals surface area contributed by atoms with E-state index in [1.54, 1.807) is 17.4 Å². The van der Waals surface area contributed by atoms with Crippen molar-refractivity contribution >= 4 is 28.1 Å². The molecular formula is C17H14O3S. The normalized spacial score (nSPS) is 10.7. The molecule has 0 bridgehead atoms. The van der Waals surface area contributed by atoms with Gasteiger partial charge in [0.15, 0.2) is 0 Å². The average Bonchev–Trinajstić information content (AvgIpc) is 3.00. The lowest BCUT2D eigenvalue weighted by Gasteiger charge is -2.12. The maximum Gasteiger partial charge on any atom is 0.339 e. The van der Waals surface area contributed by atoms with Crippen molar-refractivity contribution in [2.45, 2.75) is 6.42 Å². The van der Waals surface area contributed by atoms with Crippen molar-refractivity contribution < 1.29 is 14.6 Å². The highest BCUT2D eigenvalue weighted by molar-refractivity contribution is 7.07. The number of hydrogen-bond donors (Lipinski definition) is 1. The summed E-state index contributed by atoms with van der Waals surface area (Å²) < 4.78 is 5.81. The Balaban J connectivity index is 1.90. The first kappa shape index (κ1) is 13.6. The zero-order valence-electron chi connectivity index (χ0n) is 11.3. The average molecular weight is 298 g/mol. The summed E-state index contributed by atoms with van der Waals surface area (Å²) in [6.45, 7) is 0.463. The molecule has 0 spiro atoms. The molecule has 1 aromatic heterocycles. The highest BCUT2D eigenvalue weighted by atomic mass is 32.1. The van der Waals surface area contributed by atoms with E-state index in [4.69, 9.17) is 4.74 Å². The van der Waals surface area contributed by atoms with E-state index < -0.39 is 5.97 Å². The van der Waals surface area contributed by atoms with Crippen LogP contribution in [0.1, 0.15) is 15.9 Å². The third-order valence-corrected chi connectivity index (χ3v) is 4.06. The molecule has 0 saturated carbocycles. The van der Waals surface area contributed by atoms with Crippen molar-refractivity contribution in [3.05, 3.63) is 64.4 Å². The minimum absolute atomic E-state index is 0.207. The fourth-order valence-electron chi connectivity index (χ4n) is 2.27. The summed E-state index contributed by atoms with van der Waals surface area (Å²) >= 11 is 1.65. The van der Waals surface area contributed by atoms with Gasteiger partial charge in [0.05, 0.1) is 6.61 Å². The van der Waals surface area contributed by atoms with Crippen molar-refractivity contribution in [2.24, 2.45) is 0 Å². The molecule has 0 atom stereocenters. The summed E-state index contributed by atoms with van der Waals surface area (Å²) in [6.07, 6.45) is 0.770. The second kappa shape index (κ2) is 5.97. The number of carbonyl (C=O) groups is 1. The van der Waals surface area contributed by atoms with E-state index in [2.05, 4.69) is 11.4 Å². The highest BCUT2D eigenvalue weighted by Crippen LogP contribution is 2.30. The summed E-state index contributed by atoms with van der Waals surface area (Å²) in [6, 6.07) is 13.1. The van der Waals surface area contributed by atoms with Crippen molar-refractivity contribution in [1.29, 1.82) is 0 Å². The van der Waals surface area contributed by atoms with Gasteiger partial charge in [-0.15, -0.1) is 0 Å². The minimum atomic E-state index is -0.966. The Kier molecular flexibility index (Phi) is 3.88. The van der Waals surface area contributed by atoms with Crippen molar-refractivity contribution in [3.63, 3.8) is 0 Å². The molecule has 3 aromatic rings. The van der Waals surface area contributed by atoms with Gasteiger partial charge in [0.1, 0.15) is 11.3 Å². The van der Waals surface area contributed by atoms with Crippen LogP contribution < -0.4 is 4.74 Å². The molecule has 0 saturated heterocycles. The molecule has 0 amide bonds. The van der Waals surface area contributed by atoms with Gasteiger partial charge >= 0.3 is 5.97 Å². The first-order chi connectivity index (χ1) is 10.3. The lowest BCUT2D eigenvalue weighted by molar-refractivity contribution is 0.0692. The predicted molar refractivity (Wildman–Crippen MR) is 84.4 cm³/mol. The SMILES string of the molecule is O=C(O)c1ccc2ccccc2c1OCCc1ccsc1. The number of fused-ring (bicyclic) bond motifs is 1. The molecule has 106 valence electrons. The van der Waals surface area contributed by atoms with Crippen LogP contribution in [0.5, 0.6) is 5.75 Å². The van der Waals surface area contributed by atoms with Crippen LogP contribution >= 0.6 is 11.3 Å². The molecule has 4 heteroatoms. The predicted octanol–water partition coefficient (Wildman–Crippen LogP) is 4.22. The van der Waals surface area contributed by atoms with Crippen molar-refractivity contribution in [3.8, 4) is 5.75 Å². The Morgan fingerprint density at radius 2 is 2.00 bits per heavy atom. The Bertz CT molecular complexity index is 763. The Morgan fingerprint density at radius 1 is 1.14 bits per heavy atom. The number of aromatic carboxylic acids is 1. The largest absolute Gasteiger partial charge is 0.492 e. The molecule has 0 unspecified atom stereocenters. The Labute approximate surface area is 126 Å². The van der Waals surface area contributed by atoms with Crippen LogP contribution in [0.25, 0.3) is 10.8 Å². The number of carboxylic acid groups (broad SMARTS) is 1. The number of thiophene rings is 1. The molecule has 3 rings (SSSR count). The van der Waals surface area contributed by atoms with Gasteiger partial charge in [-0.3, -0.25) is 0 Å². The highest BCUT2D eigenvalue weighted by Gasteiger charge is 2.14. The summed E-state index contributed by atoms with van der Waals surface area (Å²) in [7, 11) is 0. The number of benzene rings is 2. The van der Waals surface area contributed by atoms with Crippen LogP contribution in [0.4, 0.5) is 0 Å². The van der Waals surface area contributed by atoms with Gasteiger partial charge in [-0.1, -0.05) is 30.3 Å². The fourth-order valence-corrected chi connectivity index (χ4v) is 2.98. The van der Waals surface area contributed by atoms with E-state index >= 15 is 0 Å². The van der Waals surface area contributed by atoms with E-state index in [1.807, 2.05) is 35.7 Å². The second-order valence-electron chi connectivity index (χ2n) is 4.70. The first-order valence-electron chi connectivity index (χ1n) is 6.64. The van der Waals surface area contributed by atoms with Gasteiger partial charge in [-0.25, -0.2) is 4.79 Å². The van der Waals surface area contributed by atoms with Gasteiger partial charge in [0, 0.05) is 11.8 Å². The van der Waals surface area contributed by atoms with Crippen molar-refractivity contribution in [1.82, 2.24) is 0 Å². The van der Waals surface area contributed by atoms with Gasteiger partial charge < -0.3 is 9.84 Å². The topological polar surface area (TPSA) is 46.5 Å². The van der Waals surface area contributed by atoms with Crippen LogP contribution in [0.3, 0.4) is 0 Å². The lowest BCUT2D eigenvalue weighted by atomic mass is 10.1. The number of rotatable bonds is 5. The third-order valence-electron chi connectivity index (χ3n) is 3.33. The summed E-state index contributed by atoms with van der Waals surface area (Å²) in [5.74, 6) is -0.512. The van der Waals surface area contributed by atoms with E-state index in [9.17, 15) is 9.90 Å². The maximum absolute atomic E-state index is 11.4. The van der Waals surface area contributed by atoms with Crippen LogP contribution in [0.15, 0.2) is 53.2 Å². The van der Waals surface area contributed by atoms with E-state index in [1.165, 1.54) is 5.56 Å². The summed E-state index contributed by atoms with van der Waals surface area (Å²) in [5.41, 5.74) is 1.41. The lowest BCUT2D eigenvalue weighted by Crippen LogP contribution is -2.06. The quantitative estimate of drug-likeness (QED) is 0.767. The van der Waals surface area contributed by atoms with E-state index in [0.717, 1.165) is 17.2 Å². The van der Waals surface area contributed by atoms with Gasteiger partial charge in [-0.05, 0) is 33.8 Å².